The number of nitrogens with zero attached hydrogens (tertiary/aromatic N) is 1. The zero-order valence-corrected chi connectivity index (χ0v) is 17.9. The van der Waals surface area contributed by atoms with Crippen LogP contribution in [0, 0.1) is 11.2 Å². The number of carbonyl (C=O) groups excluding carboxylic acids is 2. The van der Waals surface area contributed by atoms with E-state index in [-0.39, 0.29) is 6.54 Å². The molecule has 0 saturated carbocycles. The monoisotopic (exact) mass is 410 g/mol. The minimum absolute atomic E-state index is 0.0605. The second kappa shape index (κ2) is 9.71. The second-order valence-corrected chi connectivity index (χ2v) is 8.65. The molecule has 1 atom stereocenters. The minimum Gasteiger partial charge on any atom is -0.480 e. The van der Waals surface area contributed by atoms with Gasteiger partial charge in [0.25, 0.3) is 0 Å². The van der Waals surface area contributed by atoms with Gasteiger partial charge in [-0.25, -0.2) is 14.0 Å². The van der Waals surface area contributed by atoms with Crippen molar-refractivity contribution < 1.29 is 28.6 Å². The molecule has 0 heterocycles. The normalized spacial score (nSPS) is 12.8. The highest BCUT2D eigenvalue weighted by molar-refractivity contribution is 5.87. The number of amides is 2. The molecule has 0 aliphatic carbocycles. The third kappa shape index (κ3) is 8.09. The molecule has 0 aromatic heterocycles. The number of hydrogen-bond acceptors (Lipinski definition) is 4. The Morgan fingerprint density at radius 1 is 1.21 bits per heavy atom. The summed E-state index contributed by atoms with van der Waals surface area (Å²) < 4.78 is 18.8. The van der Waals surface area contributed by atoms with Crippen molar-refractivity contribution in [2.45, 2.75) is 66.2 Å². The number of rotatable bonds is 8. The zero-order chi connectivity index (χ0) is 22.4. The van der Waals surface area contributed by atoms with Crippen LogP contribution in [-0.4, -0.2) is 46.2 Å². The number of benzene rings is 1. The highest BCUT2D eigenvalue weighted by atomic mass is 19.1. The Morgan fingerprint density at radius 3 is 2.31 bits per heavy atom. The molecule has 1 aromatic carbocycles. The molecule has 7 nitrogen and oxygen atoms in total. The summed E-state index contributed by atoms with van der Waals surface area (Å²) >= 11 is 0. The van der Waals surface area contributed by atoms with Gasteiger partial charge in [-0.05, 0) is 50.3 Å². The lowest BCUT2D eigenvalue weighted by atomic mass is 9.82. The number of halogens is 1. The highest BCUT2D eigenvalue weighted by Gasteiger charge is 2.35. The van der Waals surface area contributed by atoms with Crippen LogP contribution in [0.1, 0.15) is 53.5 Å². The Kier molecular flexibility index (Phi) is 8.17. The van der Waals surface area contributed by atoms with Gasteiger partial charge in [-0.2, -0.15) is 0 Å². The Labute approximate surface area is 171 Å². The SMILES string of the molecule is CCC(C)(C)[C@H](NC(=O)CN(Cc1cccc(F)c1)C(=O)OC(C)(C)C)C(=O)O. The maximum Gasteiger partial charge on any atom is 0.411 e. The molecule has 0 fully saturated rings. The lowest BCUT2D eigenvalue weighted by Gasteiger charge is -2.32. The first-order valence-electron chi connectivity index (χ1n) is 9.49. The number of carboxylic acids is 1. The van der Waals surface area contributed by atoms with E-state index in [2.05, 4.69) is 5.32 Å². The Morgan fingerprint density at radius 2 is 1.83 bits per heavy atom. The lowest BCUT2D eigenvalue weighted by Crippen LogP contribution is -2.53. The average Bonchev–Trinajstić information content (AvgIpc) is 2.57. The van der Waals surface area contributed by atoms with E-state index in [1.54, 1.807) is 40.7 Å². The first-order valence-corrected chi connectivity index (χ1v) is 9.49. The number of nitrogens with one attached hydrogen (secondary N) is 1. The van der Waals surface area contributed by atoms with Crippen LogP contribution in [-0.2, 0) is 20.9 Å². The smallest absolute Gasteiger partial charge is 0.411 e. The fraction of sp³-hybridized carbons (Fsp3) is 0.571. The van der Waals surface area contributed by atoms with E-state index in [1.807, 2.05) is 6.92 Å². The number of hydrogen-bond donors (Lipinski definition) is 2. The maximum atomic E-state index is 13.5. The molecule has 1 aromatic rings. The van der Waals surface area contributed by atoms with Gasteiger partial charge in [-0.3, -0.25) is 9.69 Å². The van der Waals surface area contributed by atoms with Crippen LogP contribution < -0.4 is 5.32 Å². The standard InChI is InChI=1S/C21H31FN2O5/c1-7-21(5,6)17(18(26)27)23-16(25)13-24(19(28)29-20(2,3)4)12-14-9-8-10-15(22)11-14/h8-11,17H,7,12-13H2,1-6H3,(H,23,25)(H,26,27)/t17-/m1/s1. The Bertz CT molecular complexity index is 743. The molecule has 2 N–H and O–H groups in total. The number of aliphatic carboxylic acids is 1. The van der Waals surface area contributed by atoms with Crippen LogP contribution in [0.3, 0.4) is 0 Å². The molecule has 0 unspecified atom stereocenters. The van der Waals surface area contributed by atoms with Gasteiger partial charge in [0.05, 0.1) is 0 Å². The van der Waals surface area contributed by atoms with Gasteiger partial charge < -0.3 is 15.2 Å². The third-order valence-corrected chi connectivity index (χ3v) is 4.49. The van der Waals surface area contributed by atoms with Crippen molar-refractivity contribution in [2.75, 3.05) is 6.54 Å². The zero-order valence-electron chi connectivity index (χ0n) is 17.9. The molecular formula is C21H31FN2O5. The van der Waals surface area contributed by atoms with Gasteiger partial charge in [0.1, 0.15) is 24.0 Å². The fourth-order valence-electron chi connectivity index (χ4n) is 2.54. The van der Waals surface area contributed by atoms with Crippen molar-refractivity contribution in [3.63, 3.8) is 0 Å². The third-order valence-electron chi connectivity index (χ3n) is 4.49. The molecule has 0 spiro atoms. The second-order valence-electron chi connectivity index (χ2n) is 8.65. The van der Waals surface area contributed by atoms with Gasteiger partial charge in [0, 0.05) is 6.54 Å². The van der Waals surface area contributed by atoms with Crippen LogP contribution in [0.2, 0.25) is 0 Å². The highest BCUT2D eigenvalue weighted by Crippen LogP contribution is 2.25. The van der Waals surface area contributed by atoms with Crippen molar-refractivity contribution in [3.8, 4) is 0 Å². The molecule has 2 amide bonds. The van der Waals surface area contributed by atoms with E-state index < -0.39 is 47.4 Å². The summed E-state index contributed by atoms with van der Waals surface area (Å²) in [6.45, 7) is 9.90. The molecule has 0 aliphatic rings. The topological polar surface area (TPSA) is 95.9 Å². The molecule has 162 valence electrons. The van der Waals surface area contributed by atoms with Gasteiger partial charge in [-0.15, -0.1) is 0 Å². The fourth-order valence-corrected chi connectivity index (χ4v) is 2.54. The molecule has 29 heavy (non-hydrogen) atoms. The first-order chi connectivity index (χ1) is 13.2. The molecule has 0 saturated heterocycles. The average molecular weight is 410 g/mol. The van der Waals surface area contributed by atoms with Crippen molar-refractivity contribution in [3.05, 3.63) is 35.6 Å². The summed E-state index contributed by atoms with van der Waals surface area (Å²) in [6, 6.07) is 4.55. The largest absolute Gasteiger partial charge is 0.480 e. The van der Waals surface area contributed by atoms with Crippen LogP contribution in [0.4, 0.5) is 9.18 Å². The first kappa shape index (κ1) is 24.4. The van der Waals surface area contributed by atoms with Gasteiger partial charge in [0.15, 0.2) is 0 Å². The van der Waals surface area contributed by atoms with E-state index >= 15 is 0 Å². The van der Waals surface area contributed by atoms with Crippen LogP contribution in [0.25, 0.3) is 0 Å². The predicted octanol–water partition coefficient (Wildman–Crippen LogP) is 3.57. The van der Waals surface area contributed by atoms with E-state index in [4.69, 9.17) is 4.74 Å². The van der Waals surface area contributed by atoms with E-state index in [9.17, 15) is 23.9 Å². The van der Waals surface area contributed by atoms with E-state index in [0.717, 1.165) is 4.90 Å². The maximum absolute atomic E-state index is 13.5. The molecule has 1 rings (SSSR count). The molecular weight excluding hydrogens is 379 g/mol. The predicted molar refractivity (Wildman–Crippen MR) is 107 cm³/mol. The van der Waals surface area contributed by atoms with Crippen LogP contribution in [0.5, 0.6) is 0 Å². The summed E-state index contributed by atoms with van der Waals surface area (Å²) in [7, 11) is 0. The summed E-state index contributed by atoms with van der Waals surface area (Å²) in [5.41, 5.74) is -0.991. The summed E-state index contributed by atoms with van der Waals surface area (Å²) in [4.78, 5) is 37.9. The van der Waals surface area contributed by atoms with Crippen molar-refractivity contribution in [2.24, 2.45) is 5.41 Å². The summed E-state index contributed by atoms with van der Waals surface area (Å²) in [5, 5.41) is 12.0. The Hall–Kier alpha value is -2.64. The lowest BCUT2D eigenvalue weighted by molar-refractivity contribution is -0.145. The number of ether oxygens (including phenoxy) is 1. The van der Waals surface area contributed by atoms with Gasteiger partial charge in [0.2, 0.25) is 5.91 Å². The van der Waals surface area contributed by atoms with Gasteiger partial charge >= 0.3 is 12.1 Å². The molecule has 0 radical (unpaired) electrons. The molecule has 0 aliphatic heterocycles. The summed E-state index contributed by atoms with van der Waals surface area (Å²) in [6.07, 6.45) is -0.220. The number of carbonyl (C=O) groups is 3. The van der Waals surface area contributed by atoms with E-state index in [1.165, 1.54) is 18.2 Å². The van der Waals surface area contributed by atoms with Crippen molar-refractivity contribution >= 4 is 18.0 Å². The molecule has 8 heteroatoms. The van der Waals surface area contributed by atoms with Crippen molar-refractivity contribution in [1.82, 2.24) is 10.2 Å². The van der Waals surface area contributed by atoms with E-state index in [0.29, 0.717) is 12.0 Å². The van der Waals surface area contributed by atoms with Gasteiger partial charge in [-0.1, -0.05) is 32.9 Å². The summed E-state index contributed by atoms with van der Waals surface area (Å²) in [5.74, 6) is -2.26. The van der Waals surface area contributed by atoms with Crippen LogP contribution >= 0.6 is 0 Å². The molecule has 0 bridgehead atoms. The minimum atomic E-state index is -1.15. The Balaban J connectivity index is 3.01. The number of carboxylic acid groups (broad SMARTS) is 1. The van der Waals surface area contributed by atoms with Crippen LogP contribution in [0.15, 0.2) is 24.3 Å². The quantitative estimate of drug-likeness (QED) is 0.683. The van der Waals surface area contributed by atoms with Crippen molar-refractivity contribution in [1.29, 1.82) is 0 Å².